The van der Waals surface area contributed by atoms with Crippen molar-refractivity contribution in [1.82, 2.24) is 0 Å². The van der Waals surface area contributed by atoms with E-state index in [4.69, 9.17) is 23.1 Å². The fourth-order valence-corrected chi connectivity index (χ4v) is 2.83. The van der Waals surface area contributed by atoms with E-state index in [2.05, 4.69) is 0 Å². The second kappa shape index (κ2) is 4.08. The standard InChI is InChI=1S/C7H7NO2S3/c1-12-7-3(5(8)11)2-4(13-7)6(9)10/h2H,1H3,(H2,8,11)(H,9,10). The number of thiophene rings is 1. The van der Waals surface area contributed by atoms with Crippen LogP contribution in [0.25, 0.3) is 0 Å². The Hall–Kier alpha value is -0.590. The molecule has 0 amide bonds. The number of carboxylic acids is 1. The van der Waals surface area contributed by atoms with Gasteiger partial charge in [0.15, 0.2) is 0 Å². The maximum atomic E-state index is 10.6. The molecule has 0 saturated heterocycles. The zero-order valence-corrected chi connectivity index (χ0v) is 9.18. The molecule has 6 heteroatoms. The smallest absolute Gasteiger partial charge is 0.345 e. The lowest BCUT2D eigenvalue weighted by molar-refractivity contribution is 0.0702. The van der Waals surface area contributed by atoms with E-state index in [-0.39, 0.29) is 9.87 Å². The summed E-state index contributed by atoms with van der Waals surface area (Å²) in [5, 5.41) is 8.72. The molecule has 0 saturated carbocycles. The first-order chi connectivity index (χ1) is 6.06. The van der Waals surface area contributed by atoms with Gasteiger partial charge in [-0.15, -0.1) is 23.1 Å². The summed E-state index contributed by atoms with van der Waals surface area (Å²) in [6, 6.07) is 1.52. The molecule has 0 spiro atoms. The van der Waals surface area contributed by atoms with Gasteiger partial charge in [0.25, 0.3) is 0 Å². The van der Waals surface area contributed by atoms with Gasteiger partial charge >= 0.3 is 5.97 Å². The van der Waals surface area contributed by atoms with Crippen molar-refractivity contribution >= 4 is 46.3 Å². The minimum absolute atomic E-state index is 0.244. The van der Waals surface area contributed by atoms with Crippen LogP contribution >= 0.6 is 35.3 Å². The zero-order valence-electron chi connectivity index (χ0n) is 6.73. The molecule has 1 aromatic rings. The van der Waals surface area contributed by atoms with E-state index in [9.17, 15) is 4.79 Å². The summed E-state index contributed by atoms with van der Waals surface area (Å²) >= 11 is 7.44. The SMILES string of the molecule is CSc1sc(C(=O)O)cc1C(N)=S. The molecule has 0 aliphatic rings. The first-order valence-electron chi connectivity index (χ1n) is 3.27. The number of nitrogens with two attached hydrogens (primary N) is 1. The van der Waals surface area contributed by atoms with Crippen LogP contribution in [0.4, 0.5) is 0 Å². The van der Waals surface area contributed by atoms with Crippen molar-refractivity contribution in [1.29, 1.82) is 0 Å². The molecule has 0 radical (unpaired) electrons. The summed E-state index contributed by atoms with van der Waals surface area (Å²) in [4.78, 5) is 11.1. The molecule has 0 atom stereocenters. The molecule has 0 aliphatic carbocycles. The molecule has 3 N–H and O–H groups in total. The van der Waals surface area contributed by atoms with Crippen LogP contribution in [0.15, 0.2) is 10.3 Å². The van der Waals surface area contributed by atoms with E-state index in [0.29, 0.717) is 5.56 Å². The lowest BCUT2D eigenvalue weighted by atomic mass is 10.3. The third-order valence-corrected chi connectivity index (χ3v) is 3.84. The van der Waals surface area contributed by atoms with E-state index in [1.165, 1.54) is 29.2 Å². The van der Waals surface area contributed by atoms with Crippen LogP contribution in [0, 0.1) is 0 Å². The second-order valence-electron chi connectivity index (χ2n) is 2.19. The maximum absolute atomic E-state index is 10.6. The summed E-state index contributed by atoms with van der Waals surface area (Å²) in [7, 11) is 0. The van der Waals surface area contributed by atoms with Crippen molar-refractivity contribution in [3.05, 3.63) is 16.5 Å². The van der Waals surface area contributed by atoms with Gasteiger partial charge < -0.3 is 10.8 Å². The Balaban J connectivity index is 3.19. The molecular formula is C7H7NO2S3. The molecular weight excluding hydrogens is 226 g/mol. The Bertz CT molecular complexity index is 359. The minimum Gasteiger partial charge on any atom is -0.477 e. The number of rotatable bonds is 3. The van der Waals surface area contributed by atoms with Crippen LogP contribution in [0.1, 0.15) is 15.2 Å². The number of hydrogen-bond donors (Lipinski definition) is 2. The summed E-state index contributed by atoms with van der Waals surface area (Å²) in [6.45, 7) is 0. The van der Waals surface area contributed by atoms with Crippen LogP contribution < -0.4 is 5.73 Å². The molecule has 0 bridgehead atoms. The molecule has 1 rings (SSSR count). The fourth-order valence-electron chi connectivity index (χ4n) is 0.803. The van der Waals surface area contributed by atoms with Crippen LogP contribution in [-0.4, -0.2) is 22.3 Å². The Labute approximate surface area is 88.9 Å². The molecule has 1 heterocycles. The number of carbonyl (C=O) groups is 1. The van der Waals surface area contributed by atoms with Gasteiger partial charge in [0, 0.05) is 5.56 Å². The molecule has 1 aromatic heterocycles. The third-order valence-electron chi connectivity index (χ3n) is 1.36. The van der Waals surface area contributed by atoms with E-state index >= 15 is 0 Å². The average molecular weight is 233 g/mol. The fraction of sp³-hybridized carbons (Fsp3) is 0.143. The summed E-state index contributed by atoms with van der Waals surface area (Å²) in [5.41, 5.74) is 6.09. The molecule has 70 valence electrons. The Morgan fingerprint density at radius 3 is 2.69 bits per heavy atom. The predicted molar refractivity (Wildman–Crippen MR) is 58.9 cm³/mol. The number of hydrogen-bond acceptors (Lipinski definition) is 4. The Kier molecular flexibility index (Phi) is 3.29. The number of thioether (sulfide) groups is 1. The summed E-state index contributed by atoms with van der Waals surface area (Å²) in [6.07, 6.45) is 1.86. The molecule has 3 nitrogen and oxygen atoms in total. The van der Waals surface area contributed by atoms with Crippen LogP contribution in [0.5, 0.6) is 0 Å². The van der Waals surface area contributed by atoms with E-state index in [1.807, 2.05) is 6.26 Å². The molecule has 0 unspecified atom stereocenters. The van der Waals surface area contributed by atoms with Gasteiger partial charge in [-0.3, -0.25) is 0 Å². The maximum Gasteiger partial charge on any atom is 0.345 e. The zero-order chi connectivity index (χ0) is 10.0. The lowest BCUT2D eigenvalue weighted by Gasteiger charge is -1.94. The quantitative estimate of drug-likeness (QED) is 0.615. The number of carboxylic acid groups (broad SMARTS) is 1. The molecule has 0 fully saturated rings. The van der Waals surface area contributed by atoms with Crippen molar-refractivity contribution in [2.75, 3.05) is 6.26 Å². The van der Waals surface area contributed by atoms with Gasteiger partial charge in [-0.05, 0) is 12.3 Å². The van der Waals surface area contributed by atoms with Gasteiger partial charge in [-0.2, -0.15) is 0 Å². The molecule has 0 aliphatic heterocycles. The lowest BCUT2D eigenvalue weighted by Crippen LogP contribution is -2.08. The second-order valence-corrected chi connectivity index (χ2v) is 4.75. The minimum atomic E-state index is -0.942. The van der Waals surface area contributed by atoms with Gasteiger partial charge in [0.2, 0.25) is 0 Å². The molecule has 0 aromatic carbocycles. The third kappa shape index (κ3) is 2.20. The number of aromatic carboxylic acids is 1. The largest absolute Gasteiger partial charge is 0.477 e. The monoisotopic (exact) mass is 233 g/mol. The van der Waals surface area contributed by atoms with Crippen molar-refractivity contribution in [2.45, 2.75) is 4.21 Å². The van der Waals surface area contributed by atoms with E-state index in [0.717, 1.165) is 4.21 Å². The van der Waals surface area contributed by atoms with Gasteiger partial charge in [0.1, 0.15) is 9.87 Å². The van der Waals surface area contributed by atoms with Gasteiger partial charge in [-0.25, -0.2) is 4.79 Å². The Morgan fingerprint density at radius 1 is 1.77 bits per heavy atom. The van der Waals surface area contributed by atoms with Gasteiger partial charge in [0.05, 0.1) is 4.21 Å². The van der Waals surface area contributed by atoms with Crippen molar-refractivity contribution in [3.63, 3.8) is 0 Å². The molecule has 13 heavy (non-hydrogen) atoms. The first kappa shape index (κ1) is 10.5. The Morgan fingerprint density at radius 2 is 2.38 bits per heavy atom. The topological polar surface area (TPSA) is 63.3 Å². The normalized spacial score (nSPS) is 9.92. The van der Waals surface area contributed by atoms with Crippen molar-refractivity contribution in [2.24, 2.45) is 5.73 Å². The van der Waals surface area contributed by atoms with E-state index < -0.39 is 5.97 Å². The van der Waals surface area contributed by atoms with Crippen LogP contribution in [0.3, 0.4) is 0 Å². The predicted octanol–water partition coefficient (Wildman–Crippen LogP) is 1.80. The highest BCUT2D eigenvalue weighted by Crippen LogP contribution is 2.30. The summed E-state index contributed by atoms with van der Waals surface area (Å²) < 4.78 is 0.852. The van der Waals surface area contributed by atoms with Gasteiger partial charge in [-0.1, -0.05) is 12.2 Å². The highest BCUT2D eigenvalue weighted by atomic mass is 32.2. The van der Waals surface area contributed by atoms with Crippen molar-refractivity contribution < 1.29 is 9.90 Å². The van der Waals surface area contributed by atoms with Crippen LogP contribution in [0.2, 0.25) is 0 Å². The highest BCUT2D eigenvalue weighted by Gasteiger charge is 2.14. The first-order valence-corrected chi connectivity index (χ1v) is 5.72. The highest BCUT2D eigenvalue weighted by molar-refractivity contribution is 8.00. The van der Waals surface area contributed by atoms with E-state index in [1.54, 1.807) is 0 Å². The number of thiocarbonyl (C=S) groups is 1. The summed E-state index contributed by atoms with van der Waals surface area (Å²) in [5.74, 6) is -0.942. The van der Waals surface area contributed by atoms with Crippen molar-refractivity contribution in [3.8, 4) is 0 Å². The van der Waals surface area contributed by atoms with Crippen LogP contribution in [-0.2, 0) is 0 Å². The average Bonchev–Trinajstić information content (AvgIpc) is 2.47.